The molecule has 1 aromatic carbocycles. The number of hydrogen-bond acceptors (Lipinski definition) is 4. The molecule has 2 N–H and O–H groups in total. The molecule has 0 amide bonds. The van der Waals surface area contributed by atoms with Crippen LogP contribution in [0.25, 0.3) is 11.3 Å². The molecule has 0 unspecified atom stereocenters. The smallest absolute Gasteiger partial charge is 0.222 e. The molecule has 5 heteroatoms. The number of benzene rings is 1. The summed E-state index contributed by atoms with van der Waals surface area (Å²) in [5.41, 5.74) is 10.6. The van der Waals surface area contributed by atoms with Gasteiger partial charge in [-0.15, -0.1) is 0 Å². The summed E-state index contributed by atoms with van der Waals surface area (Å²) >= 11 is 3.57. The van der Waals surface area contributed by atoms with Gasteiger partial charge < -0.3 is 15.0 Å². The van der Waals surface area contributed by atoms with Gasteiger partial charge in [0.2, 0.25) is 5.88 Å². The maximum absolute atomic E-state index is 5.58. The molecule has 0 atom stereocenters. The minimum atomic E-state index is 0.313. The number of nitrogen functional groups attached to an aromatic ring is 1. The maximum Gasteiger partial charge on any atom is 0.222 e. The summed E-state index contributed by atoms with van der Waals surface area (Å²) in [6, 6.07) is 1.73. The lowest BCUT2D eigenvalue weighted by Crippen LogP contribution is -1.98. The van der Waals surface area contributed by atoms with Gasteiger partial charge in [0.05, 0.1) is 11.6 Å². The molecule has 1 heterocycles. The first-order valence-corrected chi connectivity index (χ1v) is 6.32. The predicted molar refractivity (Wildman–Crippen MR) is 74.8 cm³/mol. The highest BCUT2D eigenvalue weighted by Crippen LogP contribution is 2.41. The van der Waals surface area contributed by atoms with Crippen molar-refractivity contribution < 1.29 is 9.26 Å². The van der Waals surface area contributed by atoms with Gasteiger partial charge in [-0.25, -0.2) is 0 Å². The topological polar surface area (TPSA) is 61.3 Å². The van der Waals surface area contributed by atoms with Crippen molar-refractivity contribution in [1.82, 2.24) is 5.16 Å². The molecule has 0 bridgehead atoms. The summed E-state index contributed by atoms with van der Waals surface area (Å²) in [6.45, 7) is 6.07. The summed E-state index contributed by atoms with van der Waals surface area (Å²) in [4.78, 5) is 0. The van der Waals surface area contributed by atoms with Gasteiger partial charge in [-0.05, 0) is 53.4 Å². The number of hydrogen-bond donors (Lipinski definition) is 1. The number of methoxy groups -OCH3 is 1. The lowest BCUT2D eigenvalue weighted by Gasteiger charge is -2.17. The minimum absolute atomic E-state index is 0.313. The fourth-order valence-corrected chi connectivity index (χ4v) is 2.78. The van der Waals surface area contributed by atoms with E-state index in [2.05, 4.69) is 21.1 Å². The standard InChI is InChI=1S/C13H15BrN2O2/c1-6-7(2)13(17-4)12(14)8(3)11(6)9-5-10(15)18-16-9/h5H,15H2,1-4H3. The van der Waals surface area contributed by atoms with Crippen molar-refractivity contribution in [2.45, 2.75) is 20.8 Å². The molecular formula is C13H15BrN2O2. The van der Waals surface area contributed by atoms with Crippen LogP contribution in [-0.4, -0.2) is 12.3 Å². The minimum Gasteiger partial charge on any atom is -0.495 e. The molecule has 0 aliphatic heterocycles. The van der Waals surface area contributed by atoms with Crippen molar-refractivity contribution in [1.29, 1.82) is 0 Å². The highest BCUT2D eigenvalue weighted by molar-refractivity contribution is 9.10. The molecule has 2 aromatic rings. The highest BCUT2D eigenvalue weighted by Gasteiger charge is 2.19. The number of halogens is 1. The zero-order valence-corrected chi connectivity index (χ0v) is 12.4. The van der Waals surface area contributed by atoms with E-state index in [1.165, 1.54) is 0 Å². The van der Waals surface area contributed by atoms with E-state index in [1.807, 2.05) is 20.8 Å². The highest BCUT2D eigenvalue weighted by atomic mass is 79.9. The van der Waals surface area contributed by atoms with E-state index in [9.17, 15) is 0 Å². The van der Waals surface area contributed by atoms with Gasteiger partial charge in [0.15, 0.2) is 0 Å². The second-order valence-corrected chi connectivity index (χ2v) is 5.00. The quantitative estimate of drug-likeness (QED) is 0.920. The van der Waals surface area contributed by atoms with E-state index >= 15 is 0 Å². The Morgan fingerprint density at radius 3 is 2.39 bits per heavy atom. The first-order chi connectivity index (χ1) is 8.47. The van der Waals surface area contributed by atoms with Crippen LogP contribution in [0.1, 0.15) is 16.7 Å². The third-order valence-corrected chi connectivity index (χ3v) is 4.13. The molecule has 0 aliphatic rings. The van der Waals surface area contributed by atoms with Crippen LogP contribution in [0.15, 0.2) is 15.1 Å². The van der Waals surface area contributed by atoms with Crippen LogP contribution in [0.2, 0.25) is 0 Å². The Kier molecular flexibility index (Phi) is 3.34. The molecule has 0 saturated carbocycles. The Labute approximate surface area is 114 Å². The molecular weight excluding hydrogens is 296 g/mol. The van der Waals surface area contributed by atoms with Gasteiger partial charge in [0, 0.05) is 11.6 Å². The maximum atomic E-state index is 5.58. The van der Waals surface area contributed by atoms with Crippen LogP contribution in [0, 0.1) is 20.8 Å². The molecule has 0 radical (unpaired) electrons. The third kappa shape index (κ3) is 1.88. The fourth-order valence-electron chi connectivity index (χ4n) is 2.12. The Morgan fingerprint density at radius 1 is 1.22 bits per heavy atom. The number of rotatable bonds is 2. The SMILES string of the molecule is COc1c(C)c(C)c(-c2cc(N)on2)c(C)c1Br. The second kappa shape index (κ2) is 4.65. The molecule has 0 spiro atoms. The second-order valence-electron chi connectivity index (χ2n) is 4.21. The summed E-state index contributed by atoms with van der Waals surface area (Å²) in [5.74, 6) is 1.17. The van der Waals surface area contributed by atoms with E-state index < -0.39 is 0 Å². The van der Waals surface area contributed by atoms with Crippen molar-refractivity contribution in [3.8, 4) is 17.0 Å². The number of anilines is 1. The largest absolute Gasteiger partial charge is 0.495 e. The Balaban J connectivity index is 2.76. The van der Waals surface area contributed by atoms with Crippen LogP contribution in [0.5, 0.6) is 5.75 Å². The summed E-state index contributed by atoms with van der Waals surface area (Å²) in [7, 11) is 1.67. The zero-order chi connectivity index (χ0) is 13.4. The van der Waals surface area contributed by atoms with E-state index in [4.69, 9.17) is 15.0 Å². The Hall–Kier alpha value is -1.49. The van der Waals surface area contributed by atoms with Gasteiger partial charge >= 0.3 is 0 Å². The van der Waals surface area contributed by atoms with Crippen molar-refractivity contribution in [3.63, 3.8) is 0 Å². The number of aromatic nitrogens is 1. The summed E-state index contributed by atoms with van der Waals surface area (Å²) < 4.78 is 11.3. The summed E-state index contributed by atoms with van der Waals surface area (Å²) in [6.07, 6.45) is 0. The molecule has 2 rings (SSSR count). The van der Waals surface area contributed by atoms with Gasteiger partial charge in [0.1, 0.15) is 11.4 Å². The lowest BCUT2D eigenvalue weighted by atomic mass is 9.95. The van der Waals surface area contributed by atoms with Crippen LogP contribution < -0.4 is 10.5 Å². The zero-order valence-electron chi connectivity index (χ0n) is 10.8. The normalized spacial score (nSPS) is 10.7. The molecule has 18 heavy (non-hydrogen) atoms. The first-order valence-electron chi connectivity index (χ1n) is 5.53. The van der Waals surface area contributed by atoms with Crippen LogP contribution in [0.3, 0.4) is 0 Å². The Morgan fingerprint density at radius 2 is 1.89 bits per heavy atom. The van der Waals surface area contributed by atoms with E-state index in [0.29, 0.717) is 5.88 Å². The van der Waals surface area contributed by atoms with Gasteiger partial charge in [0.25, 0.3) is 0 Å². The average molecular weight is 311 g/mol. The van der Waals surface area contributed by atoms with E-state index in [-0.39, 0.29) is 0 Å². The summed E-state index contributed by atoms with van der Waals surface area (Å²) in [5, 5.41) is 3.98. The molecule has 96 valence electrons. The van der Waals surface area contributed by atoms with Gasteiger partial charge in [-0.2, -0.15) is 0 Å². The monoisotopic (exact) mass is 310 g/mol. The number of ether oxygens (including phenoxy) is 1. The van der Waals surface area contributed by atoms with E-state index in [0.717, 1.165) is 38.2 Å². The third-order valence-electron chi connectivity index (χ3n) is 3.17. The predicted octanol–water partition coefficient (Wildman–Crippen LogP) is 3.62. The van der Waals surface area contributed by atoms with Crippen LogP contribution in [0.4, 0.5) is 5.88 Å². The van der Waals surface area contributed by atoms with Crippen molar-refractivity contribution >= 4 is 21.8 Å². The lowest BCUT2D eigenvalue weighted by molar-refractivity contribution is 0.408. The van der Waals surface area contributed by atoms with Crippen LogP contribution in [-0.2, 0) is 0 Å². The van der Waals surface area contributed by atoms with Crippen molar-refractivity contribution in [2.75, 3.05) is 12.8 Å². The number of nitrogens with two attached hydrogens (primary N) is 1. The van der Waals surface area contributed by atoms with Gasteiger partial charge in [-0.3, -0.25) is 0 Å². The molecule has 4 nitrogen and oxygen atoms in total. The molecule has 1 aromatic heterocycles. The molecule has 0 saturated heterocycles. The Bertz CT molecular complexity index is 576. The molecule has 0 aliphatic carbocycles. The fraction of sp³-hybridized carbons (Fsp3) is 0.308. The first kappa shape index (κ1) is 13.0. The van der Waals surface area contributed by atoms with Crippen molar-refractivity contribution in [2.24, 2.45) is 0 Å². The van der Waals surface area contributed by atoms with E-state index in [1.54, 1.807) is 13.2 Å². The van der Waals surface area contributed by atoms with Crippen molar-refractivity contribution in [3.05, 3.63) is 27.2 Å². The average Bonchev–Trinajstić information content (AvgIpc) is 2.74. The molecule has 0 fully saturated rings. The van der Waals surface area contributed by atoms with Crippen LogP contribution >= 0.6 is 15.9 Å². The van der Waals surface area contributed by atoms with Gasteiger partial charge in [-0.1, -0.05) is 5.16 Å². The number of nitrogens with zero attached hydrogens (tertiary/aromatic N) is 1.